The SMILES string of the molecule is O=[N+]([O-])c1c(Br)ccc(F)c1C(O)c1cc(F)ccc1Cl. The molecule has 0 saturated carbocycles. The maximum Gasteiger partial charge on any atom is 0.292 e. The summed E-state index contributed by atoms with van der Waals surface area (Å²) in [5.41, 5.74) is -1.37. The van der Waals surface area contributed by atoms with Crippen molar-refractivity contribution in [2.45, 2.75) is 6.10 Å². The highest BCUT2D eigenvalue weighted by Gasteiger charge is 2.30. The highest BCUT2D eigenvalue weighted by molar-refractivity contribution is 9.10. The molecule has 2 aromatic rings. The Bertz CT molecular complexity index is 727. The van der Waals surface area contributed by atoms with E-state index in [1.54, 1.807) is 0 Å². The van der Waals surface area contributed by atoms with Crippen molar-refractivity contribution < 1.29 is 18.8 Å². The highest BCUT2D eigenvalue weighted by Crippen LogP contribution is 2.39. The van der Waals surface area contributed by atoms with Crippen LogP contribution >= 0.6 is 27.5 Å². The number of aliphatic hydroxyl groups is 1. The molecule has 8 heteroatoms. The Balaban J connectivity index is 2.68. The Kier molecular flexibility index (Phi) is 4.55. The van der Waals surface area contributed by atoms with Crippen LogP contribution in [0.15, 0.2) is 34.8 Å². The van der Waals surface area contributed by atoms with Gasteiger partial charge in [-0.1, -0.05) is 11.6 Å². The number of aliphatic hydroxyl groups excluding tert-OH is 1. The van der Waals surface area contributed by atoms with E-state index in [9.17, 15) is 24.0 Å². The van der Waals surface area contributed by atoms with Gasteiger partial charge in [-0.25, -0.2) is 8.78 Å². The van der Waals surface area contributed by atoms with Crippen LogP contribution in [-0.4, -0.2) is 10.0 Å². The van der Waals surface area contributed by atoms with E-state index in [0.717, 1.165) is 24.3 Å². The maximum atomic E-state index is 13.9. The molecule has 0 aliphatic rings. The van der Waals surface area contributed by atoms with Crippen molar-refractivity contribution >= 4 is 33.2 Å². The van der Waals surface area contributed by atoms with Gasteiger partial charge in [-0.15, -0.1) is 0 Å². The summed E-state index contributed by atoms with van der Waals surface area (Å²) in [4.78, 5) is 10.2. The lowest BCUT2D eigenvalue weighted by molar-refractivity contribution is -0.387. The van der Waals surface area contributed by atoms with Gasteiger partial charge in [0.1, 0.15) is 17.7 Å². The molecule has 0 saturated heterocycles. The Morgan fingerprint density at radius 2 is 1.95 bits per heavy atom. The van der Waals surface area contributed by atoms with E-state index in [4.69, 9.17) is 11.6 Å². The number of benzene rings is 2. The van der Waals surface area contributed by atoms with Crippen LogP contribution in [0, 0.1) is 21.7 Å². The van der Waals surface area contributed by atoms with Gasteiger partial charge >= 0.3 is 0 Å². The summed E-state index contributed by atoms with van der Waals surface area (Å²) in [5.74, 6) is -1.69. The normalized spacial score (nSPS) is 12.2. The molecule has 0 fully saturated rings. The number of nitro benzene ring substituents is 1. The van der Waals surface area contributed by atoms with E-state index in [2.05, 4.69) is 15.9 Å². The van der Waals surface area contributed by atoms with Gasteiger partial charge in [-0.05, 0) is 46.3 Å². The van der Waals surface area contributed by atoms with Gasteiger partial charge in [0.2, 0.25) is 0 Å². The third-order valence-corrected chi connectivity index (χ3v) is 3.81. The van der Waals surface area contributed by atoms with Crippen LogP contribution in [-0.2, 0) is 0 Å². The van der Waals surface area contributed by atoms with E-state index >= 15 is 0 Å². The molecular formula is C13H7BrClF2NO3. The quantitative estimate of drug-likeness (QED) is 0.637. The molecule has 1 atom stereocenters. The van der Waals surface area contributed by atoms with E-state index < -0.39 is 33.9 Å². The molecule has 2 rings (SSSR count). The summed E-state index contributed by atoms with van der Waals surface area (Å²) >= 11 is 8.76. The molecule has 4 nitrogen and oxygen atoms in total. The van der Waals surface area contributed by atoms with Gasteiger partial charge in [-0.3, -0.25) is 10.1 Å². The first-order valence-corrected chi connectivity index (χ1v) is 6.75. The zero-order valence-electron chi connectivity index (χ0n) is 10.2. The molecule has 0 amide bonds. The Labute approximate surface area is 131 Å². The van der Waals surface area contributed by atoms with Gasteiger partial charge in [0.15, 0.2) is 0 Å². The number of hydrogen-bond acceptors (Lipinski definition) is 3. The molecule has 1 unspecified atom stereocenters. The standard InChI is InChI=1S/C13H7BrClF2NO3/c14-8-2-4-10(17)11(12(8)18(20)21)13(19)7-5-6(16)1-3-9(7)15/h1-5,13,19H. The zero-order chi connectivity index (χ0) is 15.7. The van der Waals surface area contributed by atoms with Crippen molar-refractivity contribution in [2.75, 3.05) is 0 Å². The lowest BCUT2D eigenvalue weighted by atomic mass is 9.99. The summed E-state index contributed by atoms with van der Waals surface area (Å²) in [6.45, 7) is 0. The summed E-state index contributed by atoms with van der Waals surface area (Å²) in [6, 6.07) is 5.25. The van der Waals surface area contributed by atoms with Gasteiger partial charge in [0, 0.05) is 10.6 Å². The smallest absolute Gasteiger partial charge is 0.292 e. The van der Waals surface area contributed by atoms with Crippen LogP contribution in [0.5, 0.6) is 0 Å². The average Bonchev–Trinajstić information content (AvgIpc) is 2.42. The topological polar surface area (TPSA) is 63.4 Å². The monoisotopic (exact) mass is 377 g/mol. The van der Waals surface area contributed by atoms with Gasteiger partial charge in [0.25, 0.3) is 5.69 Å². The van der Waals surface area contributed by atoms with Crippen molar-refractivity contribution in [3.8, 4) is 0 Å². The molecule has 21 heavy (non-hydrogen) atoms. The molecule has 0 bridgehead atoms. The molecule has 1 N–H and O–H groups in total. The van der Waals surface area contributed by atoms with E-state index in [1.165, 1.54) is 6.07 Å². The first-order valence-electron chi connectivity index (χ1n) is 5.58. The van der Waals surface area contributed by atoms with Crippen LogP contribution in [0.25, 0.3) is 0 Å². The van der Waals surface area contributed by atoms with Crippen LogP contribution in [0.3, 0.4) is 0 Å². The third-order valence-electron chi connectivity index (χ3n) is 2.82. The van der Waals surface area contributed by atoms with E-state index in [0.29, 0.717) is 0 Å². The fraction of sp³-hybridized carbons (Fsp3) is 0.0769. The minimum Gasteiger partial charge on any atom is -0.383 e. The molecule has 0 aliphatic heterocycles. The summed E-state index contributed by atoms with van der Waals surface area (Å²) in [7, 11) is 0. The van der Waals surface area contributed by atoms with Gasteiger partial charge in [-0.2, -0.15) is 0 Å². The second-order valence-corrected chi connectivity index (χ2v) is 5.38. The average molecular weight is 379 g/mol. The summed E-state index contributed by atoms with van der Waals surface area (Å²) in [5, 5.41) is 21.3. The molecule has 0 heterocycles. The minimum absolute atomic E-state index is 0.00419. The first kappa shape index (κ1) is 15.8. The van der Waals surface area contributed by atoms with Gasteiger partial charge < -0.3 is 5.11 Å². The van der Waals surface area contributed by atoms with E-state index in [1.807, 2.05) is 0 Å². The second kappa shape index (κ2) is 6.05. The van der Waals surface area contributed by atoms with Crippen LogP contribution in [0.2, 0.25) is 5.02 Å². The number of rotatable bonds is 3. The van der Waals surface area contributed by atoms with Crippen molar-refractivity contribution in [2.24, 2.45) is 0 Å². The molecule has 110 valence electrons. The molecule has 0 radical (unpaired) electrons. The Morgan fingerprint density at radius 3 is 2.57 bits per heavy atom. The summed E-state index contributed by atoms with van der Waals surface area (Å²) in [6.07, 6.45) is -1.77. The molecular weight excluding hydrogens is 372 g/mol. The third kappa shape index (κ3) is 3.04. The van der Waals surface area contributed by atoms with Crippen molar-refractivity contribution in [3.05, 3.63) is 72.7 Å². The number of halogens is 4. The van der Waals surface area contributed by atoms with Crippen LogP contribution in [0.1, 0.15) is 17.2 Å². The Morgan fingerprint density at radius 1 is 1.29 bits per heavy atom. The van der Waals surface area contributed by atoms with Crippen molar-refractivity contribution in [1.82, 2.24) is 0 Å². The predicted octanol–water partition coefficient (Wildman–Crippen LogP) is 4.37. The highest BCUT2D eigenvalue weighted by atomic mass is 79.9. The largest absolute Gasteiger partial charge is 0.383 e. The zero-order valence-corrected chi connectivity index (χ0v) is 12.5. The lowest BCUT2D eigenvalue weighted by Gasteiger charge is -2.15. The lowest BCUT2D eigenvalue weighted by Crippen LogP contribution is -2.08. The molecule has 0 aliphatic carbocycles. The summed E-state index contributed by atoms with van der Waals surface area (Å²) < 4.78 is 27.2. The molecule has 2 aromatic carbocycles. The molecule has 0 spiro atoms. The first-order chi connectivity index (χ1) is 9.82. The number of nitrogens with zero attached hydrogens (tertiary/aromatic N) is 1. The molecule has 0 aromatic heterocycles. The number of hydrogen-bond donors (Lipinski definition) is 1. The maximum absolute atomic E-state index is 13.9. The predicted molar refractivity (Wildman–Crippen MR) is 76.2 cm³/mol. The van der Waals surface area contributed by atoms with Gasteiger partial charge in [0.05, 0.1) is 15.0 Å². The number of nitro groups is 1. The fourth-order valence-electron chi connectivity index (χ4n) is 1.88. The van der Waals surface area contributed by atoms with Crippen LogP contribution < -0.4 is 0 Å². The Hall–Kier alpha value is -1.57. The van der Waals surface area contributed by atoms with Crippen molar-refractivity contribution in [1.29, 1.82) is 0 Å². The van der Waals surface area contributed by atoms with E-state index in [-0.39, 0.29) is 15.1 Å². The van der Waals surface area contributed by atoms with Crippen LogP contribution in [0.4, 0.5) is 14.5 Å². The fourth-order valence-corrected chi connectivity index (χ4v) is 2.59. The second-order valence-electron chi connectivity index (χ2n) is 4.12. The minimum atomic E-state index is -1.77. The van der Waals surface area contributed by atoms with Crippen molar-refractivity contribution in [3.63, 3.8) is 0 Å².